The molecule has 30 heavy (non-hydrogen) atoms. The van der Waals surface area contributed by atoms with E-state index in [0.717, 1.165) is 48.4 Å². The first-order valence-electron chi connectivity index (χ1n) is 9.96. The average molecular weight is 442 g/mol. The number of thiophene rings is 1. The summed E-state index contributed by atoms with van der Waals surface area (Å²) in [5, 5.41) is 22.5. The summed E-state index contributed by atoms with van der Waals surface area (Å²) in [5.74, 6) is 1.57. The largest absolute Gasteiger partial charge is 0.469 e. The quantitative estimate of drug-likeness (QED) is 0.543. The van der Waals surface area contributed by atoms with E-state index < -0.39 is 0 Å². The zero-order valence-electron chi connectivity index (χ0n) is 17.2. The normalized spacial score (nSPS) is 13.3. The number of carbonyl (C=O) groups is 1. The molecule has 0 unspecified atom stereocenters. The predicted molar refractivity (Wildman–Crippen MR) is 118 cm³/mol. The minimum atomic E-state index is -0.144. The van der Waals surface area contributed by atoms with Crippen LogP contribution in [0.5, 0.6) is 0 Å². The fourth-order valence-electron chi connectivity index (χ4n) is 3.71. The van der Waals surface area contributed by atoms with Gasteiger partial charge in [-0.1, -0.05) is 11.8 Å². The molecule has 1 aliphatic carbocycles. The van der Waals surface area contributed by atoms with Gasteiger partial charge < -0.3 is 9.73 Å². The third-order valence-corrected chi connectivity index (χ3v) is 7.30. The van der Waals surface area contributed by atoms with Crippen molar-refractivity contribution in [3.8, 4) is 17.5 Å². The van der Waals surface area contributed by atoms with Gasteiger partial charge in [-0.3, -0.25) is 9.36 Å². The van der Waals surface area contributed by atoms with Crippen molar-refractivity contribution in [2.45, 2.75) is 57.7 Å². The van der Waals surface area contributed by atoms with Gasteiger partial charge in [-0.2, -0.15) is 5.26 Å². The maximum Gasteiger partial charge on any atom is 0.235 e. The molecule has 0 fully saturated rings. The van der Waals surface area contributed by atoms with Crippen LogP contribution in [-0.2, 0) is 17.6 Å². The Labute approximate surface area is 183 Å². The number of rotatable bonds is 6. The Hall–Kier alpha value is -2.57. The highest BCUT2D eigenvalue weighted by Gasteiger charge is 2.23. The number of thioether (sulfide) groups is 1. The van der Waals surface area contributed by atoms with E-state index in [0.29, 0.717) is 15.7 Å². The Kier molecular flexibility index (Phi) is 5.97. The lowest BCUT2D eigenvalue weighted by Gasteiger charge is -2.13. The third-order valence-electron chi connectivity index (χ3n) is 5.15. The number of furan rings is 1. The summed E-state index contributed by atoms with van der Waals surface area (Å²) in [4.78, 5) is 13.9. The zero-order valence-corrected chi connectivity index (χ0v) is 18.8. The number of nitrogens with zero attached hydrogens (tertiary/aromatic N) is 4. The fraction of sp³-hybridized carbons (Fsp3) is 0.429. The van der Waals surface area contributed by atoms with Crippen LogP contribution in [0.2, 0.25) is 0 Å². The van der Waals surface area contributed by atoms with Crippen molar-refractivity contribution >= 4 is 34.0 Å². The minimum absolute atomic E-state index is 0.129. The molecule has 0 radical (unpaired) electrons. The molecular formula is C21H23N5O2S2. The van der Waals surface area contributed by atoms with Gasteiger partial charge in [0.05, 0.1) is 23.1 Å². The van der Waals surface area contributed by atoms with Crippen molar-refractivity contribution in [3.05, 3.63) is 34.1 Å². The average Bonchev–Trinajstić information content (AvgIpc) is 3.41. The van der Waals surface area contributed by atoms with E-state index in [1.54, 1.807) is 17.6 Å². The maximum absolute atomic E-state index is 12.6. The highest BCUT2D eigenvalue weighted by molar-refractivity contribution is 7.99. The van der Waals surface area contributed by atoms with Crippen molar-refractivity contribution < 1.29 is 9.21 Å². The van der Waals surface area contributed by atoms with E-state index in [1.165, 1.54) is 16.6 Å². The summed E-state index contributed by atoms with van der Waals surface area (Å²) in [6.07, 6.45) is 5.80. The molecule has 3 aromatic heterocycles. The second kappa shape index (κ2) is 8.66. The molecular weight excluding hydrogens is 418 g/mol. The number of amides is 1. The molecule has 0 aliphatic heterocycles. The second-order valence-electron chi connectivity index (χ2n) is 7.52. The van der Waals surface area contributed by atoms with Gasteiger partial charge in [0.25, 0.3) is 0 Å². The van der Waals surface area contributed by atoms with Gasteiger partial charge in [0.15, 0.2) is 11.0 Å². The van der Waals surface area contributed by atoms with Gasteiger partial charge in [-0.05, 0) is 58.1 Å². The molecule has 1 N–H and O–H groups in total. The standard InChI is InChI=1S/C21H23N5O2S2/c1-12(2)26-19(14-8-9-28-13(14)3)24-25-21(26)29-11-18(27)23-20-16(10-22)15-6-4-5-7-17(15)30-20/h8-9,12H,4-7,11H2,1-3H3,(H,23,27). The van der Waals surface area contributed by atoms with Gasteiger partial charge in [0, 0.05) is 10.9 Å². The highest BCUT2D eigenvalue weighted by Crippen LogP contribution is 2.38. The molecule has 0 saturated carbocycles. The number of hydrogen-bond acceptors (Lipinski definition) is 7. The topological polar surface area (TPSA) is 96.7 Å². The maximum atomic E-state index is 12.6. The third kappa shape index (κ3) is 3.89. The number of carbonyl (C=O) groups excluding carboxylic acids is 1. The van der Waals surface area contributed by atoms with Crippen LogP contribution in [0.25, 0.3) is 11.4 Å². The molecule has 0 spiro atoms. The van der Waals surface area contributed by atoms with Crippen molar-refractivity contribution in [1.29, 1.82) is 5.26 Å². The van der Waals surface area contributed by atoms with Gasteiger partial charge >= 0.3 is 0 Å². The second-order valence-corrected chi connectivity index (χ2v) is 9.57. The molecule has 0 atom stereocenters. The lowest BCUT2D eigenvalue weighted by Crippen LogP contribution is -2.15. The van der Waals surface area contributed by atoms with Crippen LogP contribution in [0.4, 0.5) is 5.00 Å². The Morgan fingerprint density at radius 2 is 2.20 bits per heavy atom. The first-order chi connectivity index (χ1) is 14.5. The van der Waals surface area contributed by atoms with Crippen molar-refractivity contribution in [2.24, 2.45) is 0 Å². The number of aromatic nitrogens is 3. The van der Waals surface area contributed by atoms with Crippen LogP contribution in [0.15, 0.2) is 21.9 Å². The van der Waals surface area contributed by atoms with E-state index in [-0.39, 0.29) is 17.7 Å². The summed E-state index contributed by atoms with van der Waals surface area (Å²) >= 11 is 2.88. The van der Waals surface area contributed by atoms with Crippen molar-refractivity contribution in [3.63, 3.8) is 0 Å². The summed E-state index contributed by atoms with van der Waals surface area (Å²) in [6, 6.07) is 4.29. The minimum Gasteiger partial charge on any atom is -0.469 e. The smallest absolute Gasteiger partial charge is 0.235 e. The van der Waals surface area contributed by atoms with Crippen LogP contribution >= 0.6 is 23.1 Å². The van der Waals surface area contributed by atoms with E-state index in [2.05, 4.69) is 35.4 Å². The Bertz CT molecular complexity index is 1120. The van der Waals surface area contributed by atoms with Crippen LogP contribution in [0.1, 0.15) is 54.5 Å². The van der Waals surface area contributed by atoms with Crippen LogP contribution in [-0.4, -0.2) is 26.4 Å². The van der Waals surface area contributed by atoms with Crippen LogP contribution in [0, 0.1) is 18.3 Å². The summed E-state index contributed by atoms with van der Waals surface area (Å²) in [5.41, 5.74) is 2.66. The molecule has 156 valence electrons. The van der Waals surface area contributed by atoms with E-state index >= 15 is 0 Å². The van der Waals surface area contributed by atoms with Crippen molar-refractivity contribution in [2.75, 3.05) is 11.1 Å². The molecule has 0 aromatic carbocycles. The number of hydrogen-bond donors (Lipinski definition) is 1. The lowest BCUT2D eigenvalue weighted by molar-refractivity contribution is -0.113. The summed E-state index contributed by atoms with van der Waals surface area (Å²) in [6.45, 7) is 6.01. The monoisotopic (exact) mass is 441 g/mol. The van der Waals surface area contributed by atoms with Gasteiger partial charge in [-0.15, -0.1) is 21.5 Å². The first-order valence-corrected chi connectivity index (χ1v) is 11.8. The molecule has 0 bridgehead atoms. The first kappa shape index (κ1) is 20.7. The molecule has 3 aromatic rings. The zero-order chi connectivity index (χ0) is 21.3. The number of nitriles is 1. The molecule has 1 amide bonds. The number of fused-ring (bicyclic) bond motifs is 1. The number of anilines is 1. The van der Waals surface area contributed by atoms with E-state index in [9.17, 15) is 10.1 Å². The Balaban J connectivity index is 1.49. The highest BCUT2D eigenvalue weighted by atomic mass is 32.2. The van der Waals surface area contributed by atoms with Gasteiger partial charge in [0.1, 0.15) is 16.8 Å². The van der Waals surface area contributed by atoms with E-state index in [4.69, 9.17) is 4.42 Å². The van der Waals surface area contributed by atoms with Crippen LogP contribution < -0.4 is 5.32 Å². The van der Waals surface area contributed by atoms with Gasteiger partial charge in [-0.25, -0.2) is 0 Å². The predicted octanol–water partition coefficient (Wildman–Crippen LogP) is 4.97. The molecule has 1 aliphatic rings. The molecule has 9 heteroatoms. The summed E-state index contributed by atoms with van der Waals surface area (Å²) < 4.78 is 7.42. The fourth-order valence-corrected chi connectivity index (χ4v) is 5.83. The molecule has 4 rings (SSSR count). The van der Waals surface area contributed by atoms with Crippen LogP contribution in [0.3, 0.4) is 0 Å². The molecule has 3 heterocycles. The SMILES string of the molecule is Cc1occc1-c1nnc(SCC(=O)Nc2sc3c(c2C#N)CCCC3)n1C(C)C. The number of aryl methyl sites for hydroxylation is 2. The van der Waals surface area contributed by atoms with E-state index in [1.807, 2.05) is 17.6 Å². The number of nitrogens with one attached hydrogen (secondary N) is 1. The van der Waals surface area contributed by atoms with Crippen molar-refractivity contribution in [1.82, 2.24) is 14.8 Å². The lowest BCUT2D eigenvalue weighted by atomic mass is 9.96. The molecule has 7 nitrogen and oxygen atoms in total. The Morgan fingerprint density at radius 3 is 2.90 bits per heavy atom. The summed E-state index contributed by atoms with van der Waals surface area (Å²) in [7, 11) is 0. The Morgan fingerprint density at radius 1 is 1.40 bits per heavy atom. The van der Waals surface area contributed by atoms with Gasteiger partial charge in [0.2, 0.25) is 5.91 Å². The molecule has 0 saturated heterocycles.